The normalized spacial score (nSPS) is 19.1. The molecule has 2 heterocycles. The molecule has 1 saturated carbocycles. The molecule has 3 rings (SSSR count). The first kappa shape index (κ1) is 18.0. The lowest BCUT2D eigenvalue weighted by atomic mass is 10.2. The molecule has 0 radical (unpaired) electrons. The van der Waals surface area contributed by atoms with Crippen LogP contribution < -0.4 is 15.5 Å². The lowest BCUT2D eigenvalue weighted by molar-refractivity contribution is 0.270. The van der Waals surface area contributed by atoms with E-state index in [0.717, 1.165) is 69.1 Å². The second-order valence-corrected chi connectivity index (χ2v) is 6.97. The minimum absolute atomic E-state index is 0.664. The molecule has 0 amide bonds. The van der Waals surface area contributed by atoms with E-state index in [1.54, 1.807) is 0 Å². The van der Waals surface area contributed by atoms with Gasteiger partial charge in [0, 0.05) is 45.5 Å². The Hall–Kier alpha value is -1.82. The fourth-order valence-corrected chi connectivity index (χ4v) is 3.07. The van der Waals surface area contributed by atoms with Crippen LogP contribution in [0, 0.1) is 5.92 Å². The largest absolute Gasteiger partial charge is 0.357 e. The molecule has 6 nitrogen and oxygen atoms in total. The Balaban J connectivity index is 1.51. The smallest absolute Gasteiger partial charge is 0.191 e. The molecule has 6 heteroatoms. The molecule has 2 aliphatic rings. The number of pyridine rings is 1. The Morgan fingerprint density at radius 3 is 2.56 bits per heavy atom. The highest BCUT2D eigenvalue weighted by Gasteiger charge is 2.21. The highest BCUT2D eigenvalue weighted by molar-refractivity contribution is 5.79. The van der Waals surface area contributed by atoms with Gasteiger partial charge in [-0.05, 0) is 43.9 Å². The summed E-state index contributed by atoms with van der Waals surface area (Å²) in [6.07, 6.45) is 4.67. The van der Waals surface area contributed by atoms with Crippen LogP contribution in [0.4, 0.5) is 5.82 Å². The number of aromatic nitrogens is 1. The molecular weight excluding hydrogens is 312 g/mol. The molecule has 25 heavy (non-hydrogen) atoms. The van der Waals surface area contributed by atoms with Crippen molar-refractivity contribution in [1.82, 2.24) is 20.5 Å². The summed E-state index contributed by atoms with van der Waals surface area (Å²) in [6.45, 7) is 12.4. The van der Waals surface area contributed by atoms with Crippen molar-refractivity contribution in [3.63, 3.8) is 0 Å². The van der Waals surface area contributed by atoms with Crippen LogP contribution in [0.25, 0.3) is 0 Å². The number of hydrogen-bond donors (Lipinski definition) is 2. The van der Waals surface area contributed by atoms with Crippen molar-refractivity contribution < 1.29 is 0 Å². The molecular formula is C19H32N6. The molecule has 2 fully saturated rings. The van der Waals surface area contributed by atoms with E-state index in [4.69, 9.17) is 0 Å². The molecule has 1 aromatic rings. The van der Waals surface area contributed by atoms with Crippen LogP contribution >= 0.6 is 0 Å². The van der Waals surface area contributed by atoms with Gasteiger partial charge in [0.05, 0.1) is 6.54 Å². The number of anilines is 1. The predicted octanol–water partition coefficient (Wildman–Crippen LogP) is 1.69. The summed E-state index contributed by atoms with van der Waals surface area (Å²) in [4.78, 5) is 14.2. The monoisotopic (exact) mass is 344 g/mol. The quantitative estimate of drug-likeness (QED) is 0.582. The summed E-state index contributed by atoms with van der Waals surface area (Å²) in [5, 5.41) is 6.75. The van der Waals surface area contributed by atoms with Crippen molar-refractivity contribution in [1.29, 1.82) is 0 Å². The molecule has 138 valence electrons. The second-order valence-electron chi connectivity index (χ2n) is 6.97. The van der Waals surface area contributed by atoms with Crippen LogP contribution in [0.3, 0.4) is 0 Å². The van der Waals surface area contributed by atoms with Gasteiger partial charge in [-0.15, -0.1) is 0 Å². The van der Waals surface area contributed by atoms with E-state index in [9.17, 15) is 0 Å². The Morgan fingerprint density at radius 1 is 1.16 bits per heavy atom. The first-order valence-electron chi connectivity index (χ1n) is 9.73. The molecule has 2 N–H and O–H groups in total. The van der Waals surface area contributed by atoms with Gasteiger partial charge in [-0.25, -0.2) is 9.98 Å². The van der Waals surface area contributed by atoms with Crippen LogP contribution in [-0.2, 0) is 6.54 Å². The predicted molar refractivity (Wildman–Crippen MR) is 104 cm³/mol. The third-order valence-corrected chi connectivity index (χ3v) is 4.97. The average molecular weight is 345 g/mol. The fourth-order valence-electron chi connectivity index (χ4n) is 3.07. The average Bonchev–Trinajstić information content (AvgIpc) is 3.49. The van der Waals surface area contributed by atoms with E-state index in [1.807, 2.05) is 6.20 Å². The molecule has 0 unspecified atom stereocenters. The van der Waals surface area contributed by atoms with Crippen molar-refractivity contribution in [2.24, 2.45) is 10.9 Å². The maximum atomic E-state index is 4.68. The molecule has 0 atom stereocenters. The number of hydrogen-bond acceptors (Lipinski definition) is 4. The Morgan fingerprint density at radius 2 is 1.96 bits per heavy atom. The van der Waals surface area contributed by atoms with E-state index < -0.39 is 0 Å². The molecule has 1 saturated heterocycles. The number of aliphatic imine (C=N–C) groups is 1. The van der Waals surface area contributed by atoms with Crippen molar-refractivity contribution in [2.45, 2.75) is 33.2 Å². The summed E-state index contributed by atoms with van der Waals surface area (Å²) < 4.78 is 0. The van der Waals surface area contributed by atoms with E-state index in [1.165, 1.54) is 12.8 Å². The van der Waals surface area contributed by atoms with E-state index in [0.29, 0.717) is 6.54 Å². The van der Waals surface area contributed by atoms with E-state index in [-0.39, 0.29) is 0 Å². The number of rotatable bonds is 7. The van der Waals surface area contributed by atoms with Crippen LogP contribution in [0.5, 0.6) is 0 Å². The Bertz CT molecular complexity index is 544. The maximum Gasteiger partial charge on any atom is 0.191 e. The third kappa shape index (κ3) is 5.59. The van der Waals surface area contributed by atoms with Crippen molar-refractivity contribution >= 4 is 11.8 Å². The van der Waals surface area contributed by atoms with Gasteiger partial charge in [-0.2, -0.15) is 0 Å². The summed E-state index contributed by atoms with van der Waals surface area (Å²) >= 11 is 0. The van der Waals surface area contributed by atoms with Crippen molar-refractivity contribution in [3.8, 4) is 0 Å². The van der Waals surface area contributed by atoms with Crippen molar-refractivity contribution in [3.05, 3.63) is 23.9 Å². The van der Waals surface area contributed by atoms with Crippen LogP contribution in [0.15, 0.2) is 23.3 Å². The lowest BCUT2D eigenvalue weighted by Crippen LogP contribution is -2.46. The van der Waals surface area contributed by atoms with Gasteiger partial charge in [0.15, 0.2) is 5.96 Å². The Kier molecular flexibility index (Phi) is 6.50. The van der Waals surface area contributed by atoms with Crippen LogP contribution in [0.2, 0.25) is 0 Å². The van der Waals surface area contributed by atoms with Gasteiger partial charge in [-0.3, -0.25) is 0 Å². The summed E-state index contributed by atoms with van der Waals surface area (Å²) in [5.74, 6) is 2.84. The molecule has 0 aromatic carbocycles. The zero-order valence-electron chi connectivity index (χ0n) is 15.7. The number of likely N-dealkylation sites (N-methyl/N-ethyl adjacent to an activating group) is 1. The summed E-state index contributed by atoms with van der Waals surface area (Å²) in [7, 11) is 0. The first-order chi connectivity index (χ1) is 12.3. The number of nitrogens with zero attached hydrogens (tertiary/aromatic N) is 4. The minimum atomic E-state index is 0.664. The number of guanidine groups is 1. The van der Waals surface area contributed by atoms with E-state index in [2.05, 4.69) is 56.4 Å². The van der Waals surface area contributed by atoms with Crippen LogP contribution in [0.1, 0.15) is 32.3 Å². The molecule has 1 aromatic heterocycles. The summed E-state index contributed by atoms with van der Waals surface area (Å²) in [6, 6.07) is 4.29. The fraction of sp³-hybridized carbons (Fsp3) is 0.684. The van der Waals surface area contributed by atoms with Crippen molar-refractivity contribution in [2.75, 3.05) is 50.7 Å². The minimum Gasteiger partial charge on any atom is -0.357 e. The van der Waals surface area contributed by atoms with Gasteiger partial charge >= 0.3 is 0 Å². The standard InChI is InChI=1S/C19H32N6/c1-3-20-19(22-13-16-5-6-16)23-15-17-7-8-18(21-14-17)25-11-9-24(4-2)10-12-25/h7-8,14,16H,3-6,9-13,15H2,1-2H3,(H2,20,22,23). The SMILES string of the molecule is CCNC(=NCc1ccc(N2CCN(CC)CC2)nc1)NCC1CC1. The number of nitrogens with one attached hydrogen (secondary N) is 2. The second kappa shape index (κ2) is 9.04. The molecule has 1 aliphatic heterocycles. The molecule has 0 spiro atoms. The van der Waals surface area contributed by atoms with Gasteiger partial charge in [0.2, 0.25) is 0 Å². The van der Waals surface area contributed by atoms with Gasteiger partial charge in [0.25, 0.3) is 0 Å². The summed E-state index contributed by atoms with van der Waals surface area (Å²) in [5.41, 5.74) is 1.15. The zero-order chi connectivity index (χ0) is 17.5. The first-order valence-corrected chi connectivity index (χ1v) is 9.73. The van der Waals surface area contributed by atoms with Gasteiger partial charge in [0.1, 0.15) is 5.82 Å². The van der Waals surface area contributed by atoms with Gasteiger partial charge in [-0.1, -0.05) is 13.0 Å². The third-order valence-electron chi connectivity index (χ3n) is 4.97. The molecule has 0 bridgehead atoms. The highest BCUT2D eigenvalue weighted by Crippen LogP contribution is 2.27. The van der Waals surface area contributed by atoms with Gasteiger partial charge < -0.3 is 20.4 Å². The Labute approximate surface area is 151 Å². The maximum absolute atomic E-state index is 4.68. The van der Waals surface area contributed by atoms with Crippen LogP contribution in [-0.4, -0.2) is 61.7 Å². The molecule has 1 aliphatic carbocycles. The lowest BCUT2D eigenvalue weighted by Gasteiger charge is -2.34. The highest BCUT2D eigenvalue weighted by atomic mass is 15.3. The van der Waals surface area contributed by atoms with E-state index >= 15 is 0 Å². The topological polar surface area (TPSA) is 55.8 Å². The number of piperazine rings is 1. The zero-order valence-corrected chi connectivity index (χ0v) is 15.7.